The van der Waals surface area contributed by atoms with Gasteiger partial charge >= 0.3 is 0 Å². The second-order valence-corrected chi connectivity index (χ2v) is 7.66. The van der Waals surface area contributed by atoms with Gasteiger partial charge in [0, 0.05) is 44.3 Å². The number of pyridine rings is 1. The second kappa shape index (κ2) is 8.62. The van der Waals surface area contributed by atoms with Crippen molar-refractivity contribution in [3.63, 3.8) is 0 Å². The molecular weight excluding hydrogens is 379 g/mol. The number of thioether (sulfide) groups is 1. The maximum atomic E-state index is 12.3. The smallest absolute Gasteiger partial charge is 0.232 e. The fourth-order valence-corrected chi connectivity index (χ4v) is 4.43. The number of aryl methyl sites for hydroxylation is 1. The van der Waals surface area contributed by atoms with E-state index < -0.39 is 0 Å². The number of amides is 1. The molecule has 1 amide bonds. The van der Waals surface area contributed by atoms with Crippen LogP contribution in [0.25, 0.3) is 5.65 Å². The topological polar surface area (TPSA) is 49.6 Å². The zero-order valence-electron chi connectivity index (χ0n) is 14.2. The Morgan fingerprint density at radius 2 is 1.96 bits per heavy atom. The van der Waals surface area contributed by atoms with Gasteiger partial charge in [0.25, 0.3) is 0 Å². The molecule has 2 aliphatic rings. The number of fused-ring (bicyclic) bond motifs is 2. The lowest BCUT2D eigenvalue weighted by molar-refractivity contribution is -0.127. The van der Waals surface area contributed by atoms with E-state index in [2.05, 4.69) is 45.0 Å². The Kier molecular flexibility index (Phi) is 7.02. The summed E-state index contributed by atoms with van der Waals surface area (Å²) in [6.45, 7) is 6.09. The minimum atomic E-state index is 0. The molecule has 1 N–H and O–H groups in total. The number of hydrogen-bond acceptors (Lipinski definition) is 4. The number of nitrogens with one attached hydrogen (secondary N) is 1. The lowest BCUT2D eigenvalue weighted by Gasteiger charge is -2.17. The van der Waals surface area contributed by atoms with Crippen LogP contribution in [0.3, 0.4) is 0 Å². The lowest BCUT2D eigenvalue weighted by Crippen LogP contribution is -2.33. The Morgan fingerprint density at radius 1 is 1.24 bits per heavy atom. The molecule has 138 valence electrons. The van der Waals surface area contributed by atoms with E-state index in [0.29, 0.717) is 17.6 Å². The third-order valence-electron chi connectivity index (χ3n) is 4.87. The minimum Gasteiger partial charge on any atom is -0.341 e. The van der Waals surface area contributed by atoms with Crippen molar-refractivity contribution in [2.75, 3.05) is 31.9 Å². The Hall–Kier alpha value is -0.950. The third-order valence-corrected chi connectivity index (χ3v) is 5.82. The molecule has 2 atom stereocenters. The van der Waals surface area contributed by atoms with Gasteiger partial charge in [0.05, 0.1) is 11.4 Å². The average molecular weight is 403 g/mol. The summed E-state index contributed by atoms with van der Waals surface area (Å²) in [5.74, 6) is 2.97. The predicted octanol–water partition coefficient (Wildman–Crippen LogP) is 2.40. The van der Waals surface area contributed by atoms with E-state index in [9.17, 15) is 4.79 Å². The Bertz CT molecular complexity index is 727. The maximum Gasteiger partial charge on any atom is 0.232 e. The highest BCUT2D eigenvalue weighted by Gasteiger charge is 2.37. The molecule has 5 nitrogen and oxygen atoms in total. The van der Waals surface area contributed by atoms with E-state index in [0.717, 1.165) is 43.3 Å². The largest absolute Gasteiger partial charge is 0.341 e. The summed E-state index contributed by atoms with van der Waals surface area (Å²) in [5.41, 5.74) is 3.23. The van der Waals surface area contributed by atoms with Crippen molar-refractivity contribution in [2.45, 2.75) is 12.7 Å². The molecule has 0 aromatic carbocycles. The van der Waals surface area contributed by atoms with Gasteiger partial charge in [0.15, 0.2) is 0 Å². The van der Waals surface area contributed by atoms with Gasteiger partial charge in [-0.25, -0.2) is 4.98 Å². The average Bonchev–Trinajstić information content (AvgIpc) is 3.19. The molecule has 4 heterocycles. The molecule has 0 spiro atoms. The van der Waals surface area contributed by atoms with Crippen molar-refractivity contribution < 1.29 is 4.79 Å². The third kappa shape index (κ3) is 4.42. The van der Waals surface area contributed by atoms with E-state index in [1.165, 1.54) is 5.56 Å². The van der Waals surface area contributed by atoms with Gasteiger partial charge in [-0.05, 0) is 30.4 Å². The van der Waals surface area contributed by atoms with Gasteiger partial charge in [-0.2, -0.15) is 0 Å². The molecule has 2 aromatic rings. The molecule has 0 bridgehead atoms. The van der Waals surface area contributed by atoms with Crippen LogP contribution in [0.5, 0.6) is 0 Å². The Labute approximate surface area is 164 Å². The summed E-state index contributed by atoms with van der Waals surface area (Å²) in [5, 5.41) is 3.41. The summed E-state index contributed by atoms with van der Waals surface area (Å²) < 4.78 is 2.06. The zero-order chi connectivity index (χ0) is 15.8. The Morgan fingerprint density at radius 3 is 2.68 bits per heavy atom. The van der Waals surface area contributed by atoms with E-state index in [-0.39, 0.29) is 30.7 Å². The van der Waals surface area contributed by atoms with Crippen LogP contribution in [0.1, 0.15) is 11.3 Å². The number of likely N-dealkylation sites (tertiary alicyclic amines) is 1. The normalized spacial score (nSPS) is 21.7. The van der Waals surface area contributed by atoms with Crippen LogP contribution >= 0.6 is 36.6 Å². The molecular formula is C17H24Cl2N4OS. The number of nitrogens with zero attached hydrogens (tertiary/aromatic N) is 3. The molecule has 2 saturated heterocycles. The number of imidazole rings is 1. The summed E-state index contributed by atoms with van der Waals surface area (Å²) in [4.78, 5) is 19.0. The first kappa shape index (κ1) is 20.4. The van der Waals surface area contributed by atoms with Crippen LogP contribution < -0.4 is 5.32 Å². The fraction of sp³-hybridized carbons (Fsp3) is 0.529. The molecule has 0 aliphatic carbocycles. The number of carbonyl (C=O) groups excluding carboxylic acids is 1. The van der Waals surface area contributed by atoms with E-state index in [4.69, 9.17) is 0 Å². The van der Waals surface area contributed by atoms with Crippen molar-refractivity contribution in [2.24, 2.45) is 11.8 Å². The number of rotatable bonds is 4. The van der Waals surface area contributed by atoms with Gasteiger partial charge in [0.2, 0.25) is 5.91 Å². The van der Waals surface area contributed by atoms with Crippen LogP contribution in [0, 0.1) is 18.8 Å². The van der Waals surface area contributed by atoms with E-state index in [1.807, 2.05) is 6.07 Å². The van der Waals surface area contributed by atoms with Crippen LogP contribution in [-0.4, -0.2) is 52.1 Å². The summed E-state index contributed by atoms with van der Waals surface area (Å²) in [6, 6.07) is 4.10. The number of hydrogen-bond donors (Lipinski definition) is 1. The first-order valence-electron chi connectivity index (χ1n) is 8.19. The van der Waals surface area contributed by atoms with Crippen molar-refractivity contribution in [3.8, 4) is 0 Å². The van der Waals surface area contributed by atoms with E-state index >= 15 is 0 Å². The number of halogens is 2. The number of aromatic nitrogens is 2. The first-order chi connectivity index (χ1) is 11.2. The molecule has 2 aliphatic heterocycles. The van der Waals surface area contributed by atoms with E-state index in [1.54, 1.807) is 11.8 Å². The second-order valence-electron chi connectivity index (χ2n) is 6.67. The minimum absolute atomic E-state index is 0. The molecule has 4 rings (SSSR count). The summed E-state index contributed by atoms with van der Waals surface area (Å²) >= 11 is 1.67. The van der Waals surface area contributed by atoms with Crippen molar-refractivity contribution >= 4 is 48.1 Å². The molecule has 0 saturated carbocycles. The SMILES string of the molecule is Cc1ccc2nc(CSCC(=O)N3C[C@H]4CNC[C@H]4C3)cn2c1.Cl.Cl. The monoisotopic (exact) mass is 402 g/mol. The standard InChI is InChI=1S/C17H22N4OS.2ClH/c1-12-2-3-16-19-15(9-20(16)6-12)10-23-11-17(22)21-7-13-4-18-5-14(13)8-21;;/h2-3,6,9,13-14,18H,4-5,7-8,10-11H2,1H3;2*1H/t13-,14+;;. The lowest BCUT2D eigenvalue weighted by atomic mass is 10.0. The van der Waals surface area contributed by atoms with Crippen molar-refractivity contribution in [3.05, 3.63) is 35.8 Å². The highest BCUT2D eigenvalue weighted by Crippen LogP contribution is 2.27. The van der Waals surface area contributed by atoms with Crippen LogP contribution in [-0.2, 0) is 10.5 Å². The molecule has 0 unspecified atom stereocenters. The summed E-state index contributed by atoms with van der Waals surface area (Å²) in [6.07, 6.45) is 4.14. The van der Waals surface area contributed by atoms with Gasteiger partial charge in [0.1, 0.15) is 5.65 Å². The number of carbonyl (C=O) groups is 1. The molecule has 25 heavy (non-hydrogen) atoms. The van der Waals surface area contributed by atoms with Crippen LogP contribution in [0.4, 0.5) is 0 Å². The van der Waals surface area contributed by atoms with Gasteiger partial charge in [-0.3, -0.25) is 4.79 Å². The highest BCUT2D eigenvalue weighted by molar-refractivity contribution is 7.99. The predicted molar refractivity (Wildman–Crippen MR) is 107 cm³/mol. The molecule has 0 radical (unpaired) electrons. The fourth-order valence-electron chi connectivity index (χ4n) is 3.62. The van der Waals surface area contributed by atoms with Crippen LogP contribution in [0.15, 0.2) is 24.5 Å². The maximum absolute atomic E-state index is 12.3. The van der Waals surface area contributed by atoms with Crippen molar-refractivity contribution in [1.82, 2.24) is 19.6 Å². The van der Waals surface area contributed by atoms with Gasteiger partial charge in [-0.15, -0.1) is 36.6 Å². The Balaban J connectivity index is 0.00000113. The molecule has 2 aromatic heterocycles. The molecule has 2 fully saturated rings. The van der Waals surface area contributed by atoms with Gasteiger partial charge in [-0.1, -0.05) is 6.07 Å². The summed E-state index contributed by atoms with van der Waals surface area (Å²) in [7, 11) is 0. The first-order valence-corrected chi connectivity index (χ1v) is 9.35. The molecule has 8 heteroatoms. The van der Waals surface area contributed by atoms with Crippen molar-refractivity contribution in [1.29, 1.82) is 0 Å². The quantitative estimate of drug-likeness (QED) is 0.852. The van der Waals surface area contributed by atoms with Gasteiger partial charge < -0.3 is 14.6 Å². The zero-order valence-corrected chi connectivity index (χ0v) is 16.6. The highest BCUT2D eigenvalue weighted by atomic mass is 35.5. The van der Waals surface area contributed by atoms with Crippen LogP contribution in [0.2, 0.25) is 0 Å².